The summed E-state index contributed by atoms with van der Waals surface area (Å²) < 4.78 is 0. The maximum Gasteiger partial charge on any atom is 0.128 e. The van der Waals surface area contributed by atoms with Crippen LogP contribution in [-0.2, 0) is 0 Å². The van der Waals surface area contributed by atoms with Crippen LogP contribution in [0.4, 0.5) is 11.5 Å². The van der Waals surface area contributed by atoms with Gasteiger partial charge in [0.1, 0.15) is 5.82 Å². The van der Waals surface area contributed by atoms with Crippen molar-refractivity contribution < 1.29 is 0 Å². The topological polar surface area (TPSA) is 54.2 Å². The lowest BCUT2D eigenvalue weighted by molar-refractivity contribution is 0.279. The van der Waals surface area contributed by atoms with E-state index in [4.69, 9.17) is 10.7 Å². The predicted octanol–water partition coefficient (Wildman–Crippen LogP) is 3.95. The summed E-state index contributed by atoms with van der Waals surface area (Å²) in [5.41, 5.74) is 8.60. The average Bonchev–Trinajstić information content (AvgIpc) is 2.57. The van der Waals surface area contributed by atoms with Gasteiger partial charge in [0.25, 0.3) is 0 Å². The van der Waals surface area contributed by atoms with Gasteiger partial charge in [-0.15, -0.1) is 0 Å². The summed E-state index contributed by atoms with van der Waals surface area (Å²) >= 11 is 0. The molecule has 0 unspecified atom stereocenters. The number of nitrogens with zero attached hydrogens (tertiary/aromatic N) is 2. The second-order valence-electron chi connectivity index (χ2n) is 8.55. The summed E-state index contributed by atoms with van der Waals surface area (Å²) in [7, 11) is 0. The van der Waals surface area contributed by atoms with Crippen molar-refractivity contribution in [3.8, 4) is 0 Å². The molecule has 2 fully saturated rings. The number of aromatic nitrogens is 1. The molecule has 1 aromatic heterocycles. The Morgan fingerprint density at radius 3 is 2.42 bits per heavy atom. The Labute approximate surface area is 147 Å². The minimum Gasteiger partial charge on any atom is -0.381 e. The number of piperidine rings is 1. The third-order valence-electron chi connectivity index (χ3n) is 6.05. The first-order valence-corrected chi connectivity index (χ1v) is 9.66. The predicted molar refractivity (Wildman–Crippen MR) is 103 cm³/mol. The number of nitrogens with one attached hydrogen (secondary N) is 1. The third-order valence-corrected chi connectivity index (χ3v) is 6.05. The molecule has 2 aliphatic rings. The van der Waals surface area contributed by atoms with Gasteiger partial charge in [0, 0.05) is 19.1 Å². The lowest BCUT2D eigenvalue weighted by atomic mass is 9.83. The van der Waals surface area contributed by atoms with Gasteiger partial charge in [-0.3, -0.25) is 0 Å². The van der Waals surface area contributed by atoms with Gasteiger partial charge >= 0.3 is 0 Å². The zero-order valence-corrected chi connectivity index (χ0v) is 15.6. The fourth-order valence-electron chi connectivity index (χ4n) is 3.98. The first-order chi connectivity index (χ1) is 11.5. The Bertz CT molecular complexity index is 537. The van der Waals surface area contributed by atoms with E-state index in [0.29, 0.717) is 11.5 Å². The van der Waals surface area contributed by atoms with Gasteiger partial charge in [-0.2, -0.15) is 0 Å². The zero-order valence-electron chi connectivity index (χ0n) is 15.6. The van der Waals surface area contributed by atoms with Crippen molar-refractivity contribution in [2.24, 2.45) is 17.1 Å². The molecule has 0 spiro atoms. The normalized spacial score (nSPS) is 27.1. The van der Waals surface area contributed by atoms with Crippen LogP contribution >= 0.6 is 0 Å². The third kappa shape index (κ3) is 4.21. The summed E-state index contributed by atoms with van der Waals surface area (Å²) in [4.78, 5) is 7.32. The summed E-state index contributed by atoms with van der Waals surface area (Å²) in [5.74, 6) is 1.87. The molecule has 1 aromatic rings. The average molecular weight is 331 g/mol. The van der Waals surface area contributed by atoms with Gasteiger partial charge in [0.05, 0.1) is 11.4 Å². The fourth-order valence-corrected chi connectivity index (χ4v) is 3.98. The number of anilines is 2. The van der Waals surface area contributed by atoms with Crippen molar-refractivity contribution in [3.63, 3.8) is 0 Å². The zero-order chi connectivity index (χ0) is 17.2. The van der Waals surface area contributed by atoms with Gasteiger partial charge in [-0.25, -0.2) is 4.98 Å². The molecule has 4 nitrogen and oxygen atoms in total. The Kier molecular flexibility index (Phi) is 5.33. The van der Waals surface area contributed by atoms with Crippen LogP contribution in [0.5, 0.6) is 0 Å². The molecule has 0 radical (unpaired) electrons. The molecule has 3 rings (SSSR count). The molecule has 1 aliphatic heterocycles. The summed E-state index contributed by atoms with van der Waals surface area (Å²) in [6.45, 7) is 9.95. The van der Waals surface area contributed by atoms with Crippen molar-refractivity contribution in [2.75, 3.05) is 29.9 Å². The van der Waals surface area contributed by atoms with Crippen LogP contribution in [0, 0.1) is 18.3 Å². The van der Waals surface area contributed by atoms with Crippen LogP contribution in [0.3, 0.4) is 0 Å². The maximum absolute atomic E-state index is 5.79. The number of hydrogen-bond acceptors (Lipinski definition) is 4. The lowest BCUT2D eigenvalue weighted by Crippen LogP contribution is -2.37. The van der Waals surface area contributed by atoms with E-state index in [2.05, 4.69) is 43.1 Å². The molecular weight excluding hydrogens is 296 g/mol. The van der Waals surface area contributed by atoms with E-state index in [9.17, 15) is 0 Å². The van der Waals surface area contributed by atoms with E-state index in [1.807, 2.05) is 0 Å². The highest BCUT2D eigenvalue weighted by Gasteiger charge is 2.26. The van der Waals surface area contributed by atoms with E-state index in [0.717, 1.165) is 37.1 Å². The molecule has 1 saturated heterocycles. The van der Waals surface area contributed by atoms with Gasteiger partial charge in [-0.1, -0.05) is 13.8 Å². The summed E-state index contributed by atoms with van der Waals surface area (Å²) in [6.07, 6.45) is 7.45. The maximum atomic E-state index is 5.79. The quantitative estimate of drug-likeness (QED) is 0.878. The highest BCUT2D eigenvalue weighted by atomic mass is 15.2. The van der Waals surface area contributed by atoms with E-state index >= 15 is 0 Å². The van der Waals surface area contributed by atoms with Crippen LogP contribution in [0.2, 0.25) is 0 Å². The molecule has 0 aromatic carbocycles. The molecule has 0 amide bonds. The largest absolute Gasteiger partial charge is 0.381 e. The molecule has 2 heterocycles. The van der Waals surface area contributed by atoms with Crippen molar-refractivity contribution in [1.82, 2.24) is 4.98 Å². The SMILES string of the molecule is Cc1nc(N2CCC(C)(C)CC2)ccc1NC1CCC(CN)CC1. The molecule has 134 valence electrons. The molecule has 3 N–H and O–H groups in total. The molecule has 24 heavy (non-hydrogen) atoms. The molecule has 1 saturated carbocycles. The van der Waals surface area contributed by atoms with Crippen LogP contribution in [-0.4, -0.2) is 30.7 Å². The first-order valence-electron chi connectivity index (χ1n) is 9.66. The van der Waals surface area contributed by atoms with Crippen molar-refractivity contribution in [3.05, 3.63) is 17.8 Å². The number of aryl methyl sites for hydroxylation is 1. The van der Waals surface area contributed by atoms with Crippen LogP contribution in [0.15, 0.2) is 12.1 Å². The Morgan fingerprint density at radius 1 is 1.17 bits per heavy atom. The Hall–Kier alpha value is -1.29. The van der Waals surface area contributed by atoms with Gasteiger partial charge in [-0.05, 0) is 75.5 Å². The highest BCUT2D eigenvalue weighted by molar-refractivity contribution is 5.54. The number of pyridine rings is 1. The monoisotopic (exact) mass is 330 g/mol. The second kappa shape index (κ2) is 7.30. The molecule has 4 heteroatoms. The lowest BCUT2D eigenvalue weighted by Gasteiger charge is -2.37. The van der Waals surface area contributed by atoms with E-state index in [1.54, 1.807) is 0 Å². The molecule has 0 bridgehead atoms. The number of nitrogens with two attached hydrogens (primary N) is 1. The number of rotatable bonds is 4. The molecule has 1 aliphatic carbocycles. The van der Waals surface area contributed by atoms with Gasteiger partial charge < -0.3 is 16.0 Å². The Morgan fingerprint density at radius 2 is 1.83 bits per heavy atom. The minimum atomic E-state index is 0.482. The van der Waals surface area contributed by atoms with Crippen molar-refractivity contribution in [2.45, 2.75) is 65.3 Å². The van der Waals surface area contributed by atoms with Gasteiger partial charge in [0.2, 0.25) is 0 Å². The molecule has 0 atom stereocenters. The van der Waals surface area contributed by atoms with Crippen molar-refractivity contribution >= 4 is 11.5 Å². The first kappa shape index (κ1) is 17.5. The van der Waals surface area contributed by atoms with Gasteiger partial charge in [0.15, 0.2) is 0 Å². The number of hydrogen-bond donors (Lipinski definition) is 2. The minimum absolute atomic E-state index is 0.482. The van der Waals surface area contributed by atoms with Crippen LogP contribution in [0.1, 0.15) is 58.1 Å². The summed E-state index contributed by atoms with van der Waals surface area (Å²) in [6, 6.07) is 5.00. The van der Waals surface area contributed by atoms with Crippen molar-refractivity contribution in [1.29, 1.82) is 0 Å². The van der Waals surface area contributed by atoms with E-state index in [1.165, 1.54) is 44.2 Å². The fraction of sp³-hybridized carbons (Fsp3) is 0.750. The molecular formula is C20H34N4. The standard InChI is InChI=1S/C20H34N4/c1-15-18(23-17-6-4-16(14-21)5-7-17)8-9-19(22-15)24-12-10-20(2,3)11-13-24/h8-9,16-17,23H,4-7,10-14,21H2,1-3H3. The Balaban J connectivity index is 1.59. The highest BCUT2D eigenvalue weighted by Crippen LogP contribution is 2.32. The van der Waals surface area contributed by atoms with E-state index < -0.39 is 0 Å². The smallest absolute Gasteiger partial charge is 0.128 e. The van der Waals surface area contributed by atoms with E-state index in [-0.39, 0.29) is 0 Å². The summed E-state index contributed by atoms with van der Waals surface area (Å²) in [5, 5.41) is 3.72. The second-order valence-corrected chi connectivity index (χ2v) is 8.55. The van der Waals surface area contributed by atoms with Crippen LogP contribution in [0.25, 0.3) is 0 Å². The van der Waals surface area contributed by atoms with Crippen LogP contribution < -0.4 is 16.0 Å².